The van der Waals surface area contributed by atoms with E-state index in [1.807, 2.05) is 0 Å². The van der Waals surface area contributed by atoms with Crippen LogP contribution >= 0.6 is 0 Å². The molecule has 0 bridgehead atoms. The van der Waals surface area contributed by atoms with E-state index < -0.39 is 10.0 Å². The number of hydrogen-bond acceptors (Lipinski definition) is 4. The zero-order valence-corrected chi connectivity index (χ0v) is 11.1. The second kappa shape index (κ2) is 4.53. The van der Waals surface area contributed by atoms with Gasteiger partial charge in [0.1, 0.15) is 0 Å². The Morgan fingerprint density at radius 2 is 2.11 bits per heavy atom. The van der Waals surface area contributed by atoms with Gasteiger partial charge in [-0.2, -0.15) is 0 Å². The summed E-state index contributed by atoms with van der Waals surface area (Å²) in [5, 5.41) is 9.15. The van der Waals surface area contributed by atoms with Crippen LogP contribution in [0.3, 0.4) is 0 Å². The number of nitrogens with one attached hydrogen (secondary N) is 1. The molecule has 6 heteroatoms. The van der Waals surface area contributed by atoms with Crippen molar-refractivity contribution in [1.29, 1.82) is 0 Å². The summed E-state index contributed by atoms with van der Waals surface area (Å²) in [5.74, 6) is 0. The third kappa shape index (κ3) is 2.66. The van der Waals surface area contributed by atoms with Crippen LogP contribution in [0.4, 0.5) is 5.69 Å². The lowest BCUT2D eigenvalue weighted by molar-refractivity contribution is 0.213. The Balaban J connectivity index is 2.13. The molecule has 1 aromatic rings. The van der Waals surface area contributed by atoms with E-state index in [0.29, 0.717) is 5.69 Å². The second-order valence-corrected chi connectivity index (χ2v) is 6.77. The molecule has 0 saturated heterocycles. The van der Waals surface area contributed by atoms with Crippen molar-refractivity contribution in [2.75, 3.05) is 18.9 Å². The van der Waals surface area contributed by atoms with Crippen molar-refractivity contribution < 1.29 is 13.5 Å². The maximum Gasteiger partial charge on any atom is 0.240 e. The first-order chi connectivity index (χ1) is 8.38. The summed E-state index contributed by atoms with van der Waals surface area (Å²) in [6.45, 7) is 2.08. The van der Waals surface area contributed by atoms with Crippen LogP contribution in [0.1, 0.15) is 18.4 Å². The molecule has 1 aromatic carbocycles. The molecule has 1 aliphatic carbocycles. The number of aliphatic hydroxyl groups is 1. The third-order valence-electron chi connectivity index (χ3n) is 3.48. The van der Waals surface area contributed by atoms with E-state index in [-0.39, 0.29) is 23.5 Å². The van der Waals surface area contributed by atoms with Crippen molar-refractivity contribution in [3.8, 4) is 0 Å². The van der Waals surface area contributed by atoms with Gasteiger partial charge in [-0.05, 0) is 43.5 Å². The third-order valence-corrected chi connectivity index (χ3v) is 4.88. The molecule has 1 aliphatic rings. The van der Waals surface area contributed by atoms with Crippen LogP contribution in [0.5, 0.6) is 0 Å². The number of hydrogen-bond donors (Lipinski definition) is 3. The molecule has 100 valence electrons. The average molecular weight is 270 g/mol. The van der Waals surface area contributed by atoms with Crippen LogP contribution in [-0.4, -0.2) is 26.7 Å². The Labute approximate surface area is 107 Å². The number of benzene rings is 1. The number of rotatable bonds is 5. The van der Waals surface area contributed by atoms with E-state index in [1.54, 1.807) is 19.1 Å². The molecule has 0 aromatic heterocycles. The monoisotopic (exact) mass is 270 g/mol. The minimum Gasteiger partial charge on any atom is -0.399 e. The summed E-state index contributed by atoms with van der Waals surface area (Å²) in [4.78, 5) is 0.211. The van der Waals surface area contributed by atoms with Crippen molar-refractivity contribution >= 4 is 15.7 Å². The minimum atomic E-state index is -3.52. The van der Waals surface area contributed by atoms with Gasteiger partial charge in [-0.25, -0.2) is 13.1 Å². The first-order valence-electron chi connectivity index (χ1n) is 5.85. The number of anilines is 1. The van der Waals surface area contributed by atoms with Gasteiger partial charge in [-0.1, -0.05) is 0 Å². The van der Waals surface area contributed by atoms with E-state index in [9.17, 15) is 8.42 Å². The van der Waals surface area contributed by atoms with Crippen molar-refractivity contribution in [3.05, 3.63) is 23.8 Å². The number of nitrogen functional groups attached to an aromatic ring is 1. The standard InChI is InChI=1S/C12H18N2O3S/c1-9-6-10(2-3-11(9)13)18(16,17)14-7-12(8-15)4-5-12/h2-3,6,14-15H,4-5,7-8,13H2,1H3. The fourth-order valence-corrected chi connectivity index (χ4v) is 2.96. The Hall–Kier alpha value is -1.11. The topological polar surface area (TPSA) is 92.4 Å². The highest BCUT2D eigenvalue weighted by molar-refractivity contribution is 7.89. The fourth-order valence-electron chi connectivity index (χ4n) is 1.71. The van der Waals surface area contributed by atoms with Crippen molar-refractivity contribution in [2.24, 2.45) is 5.41 Å². The lowest BCUT2D eigenvalue weighted by Gasteiger charge is -2.13. The maximum absolute atomic E-state index is 12.1. The number of nitrogens with two attached hydrogens (primary N) is 1. The minimum absolute atomic E-state index is 0.0241. The Morgan fingerprint density at radius 1 is 1.44 bits per heavy atom. The zero-order chi connectivity index (χ0) is 13.4. The summed E-state index contributed by atoms with van der Waals surface area (Å²) in [7, 11) is -3.52. The first kappa shape index (κ1) is 13.3. The molecule has 0 atom stereocenters. The van der Waals surface area contributed by atoms with Gasteiger partial charge in [0.05, 0.1) is 4.90 Å². The van der Waals surface area contributed by atoms with E-state index in [4.69, 9.17) is 10.8 Å². The second-order valence-electron chi connectivity index (χ2n) is 5.00. The van der Waals surface area contributed by atoms with E-state index >= 15 is 0 Å². The van der Waals surface area contributed by atoms with Gasteiger partial charge in [0, 0.05) is 24.3 Å². The molecule has 0 aliphatic heterocycles. The molecule has 0 amide bonds. The smallest absolute Gasteiger partial charge is 0.240 e. The number of aliphatic hydroxyl groups excluding tert-OH is 1. The zero-order valence-electron chi connectivity index (χ0n) is 10.3. The Kier molecular flexibility index (Phi) is 3.35. The lowest BCUT2D eigenvalue weighted by atomic mass is 10.1. The summed E-state index contributed by atoms with van der Waals surface area (Å²) >= 11 is 0. The Morgan fingerprint density at radius 3 is 2.61 bits per heavy atom. The molecule has 18 heavy (non-hydrogen) atoms. The molecule has 0 unspecified atom stereocenters. The normalized spacial score (nSPS) is 17.7. The van der Waals surface area contributed by atoms with E-state index in [2.05, 4.69) is 4.72 Å². The Bertz CT molecular complexity index is 550. The van der Waals surface area contributed by atoms with Crippen molar-refractivity contribution in [3.63, 3.8) is 0 Å². The van der Waals surface area contributed by atoms with Gasteiger partial charge >= 0.3 is 0 Å². The molecule has 0 radical (unpaired) electrons. The van der Waals surface area contributed by atoms with Gasteiger partial charge in [-0.15, -0.1) is 0 Å². The van der Waals surface area contributed by atoms with Gasteiger partial charge in [0.2, 0.25) is 10.0 Å². The predicted octanol–water partition coefficient (Wildman–Crippen LogP) is 0.628. The SMILES string of the molecule is Cc1cc(S(=O)(=O)NCC2(CO)CC2)ccc1N. The number of sulfonamides is 1. The van der Waals surface area contributed by atoms with Crippen LogP contribution in [0.25, 0.3) is 0 Å². The van der Waals surface area contributed by atoms with Gasteiger partial charge in [0.25, 0.3) is 0 Å². The molecule has 5 nitrogen and oxygen atoms in total. The summed E-state index contributed by atoms with van der Waals surface area (Å²) in [5.41, 5.74) is 6.73. The largest absolute Gasteiger partial charge is 0.399 e. The lowest BCUT2D eigenvalue weighted by Crippen LogP contribution is -2.32. The van der Waals surface area contributed by atoms with Crippen LogP contribution in [-0.2, 0) is 10.0 Å². The van der Waals surface area contributed by atoms with Crippen molar-refractivity contribution in [2.45, 2.75) is 24.7 Å². The van der Waals surface area contributed by atoms with Gasteiger partial charge < -0.3 is 10.8 Å². The van der Waals surface area contributed by atoms with Gasteiger partial charge in [-0.3, -0.25) is 0 Å². The summed E-state index contributed by atoms with van der Waals surface area (Å²) < 4.78 is 26.7. The van der Waals surface area contributed by atoms with Crippen LogP contribution in [0, 0.1) is 12.3 Å². The van der Waals surface area contributed by atoms with Crippen LogP contribution < -0.4 is 10.5 Å². The maximum atomic E-state index is 12.1. The molecular weight excluding hydrogens is 252 g/mol. The molecular formula is C12H18N2O3S. The van der Waals surface area contributed by atoms with Gasteiger partial charge in [0.15, 0.2) is 0 Å². The molecule has 4 N–H and O–H groups in total. The summed E-state index contributed by atoms with van der Waals surface area (Å²) in [6.07, 6.45) is 1.74. The molecule has 1 saturated carbocycles. The van der Waals surface area contributed by atoms with Crippen molar-refractivity contribution in [1.82, 2.24) is 4.72 Å². The highest BCUT2D eigenvalue weighted by Gasteiger charge is 2.42. The number of aryl methyl sites for hydroxylation is 1. The fraction of sp³-hybridized carbons (Fsp3) is 0.500. The molecule has 1 fully saturated rings. The first-order valence-corrected chi connectivity index (χ1v) is 7.34. The average Bonchev–Trinajstić information content (AvgIpc) is 3.11. The van der Waals surface area contributed by atoms with Crippen LogP contribution in [0.2, 0.25) is 0 Å². The highest BCUT2D eigenvalue weighted by Crippen LogP contribution is 2.44. The van der Waals surface area contributed by atoms with E-state index in [1.165, 1.54) is 6.07 Å². The van der Waals surface area contributed by atoms with E-state index in [0.717, 1.165) is 18.4 Å². The van der Waals surface area contributed by atoms with Crippen LogP contribution in [0.15, 0.2) is 23.1 Å². The quantitative estimate of drug-likeness (QED) is 0.684. The molecule has 0 spiro atoms. The molecule has 0 heterocycles. The highest BCUT2D eigenvalue weighted by atomic mass is 32.2. The summed E-state index contributed by atoms with van der Waals surface area (Å²) in [6, 6.07) is 4.63. The predicted molar refractivity (Wildman–Crippen MR) is 69.5 cm³/mol. The molecule has 2 rings (SSSR count).